The highest BCUT2D eigenvalue weighted by atomic mass is 35.5. The molecule has 132 valence electrons. The molecule has 6 heteroatoms. The summed E-state index contributed by atoms with van der Waals surface area (Å²) in [4.78, 5) is 27.2. The number of carbonyl (C=O) groups excluding carboxylic acids is 2. The highest BCUT2D eigenvalue weighted by Crippen LogP contribution is 2.28. The molecule has 0 aromatic heterocycles. The second-order valence-electron chi connectivity index (χ2n) is 6.87. The highest BCUT2D eigenvalue weighted by molar-refractivity contribution is 6.34. The van der Waals surface area contributed by atoms with Gasteiger partial charge >= 0.3 is 0 Å². The minimum atomic E-state index is -0.0946. The zero-order valence-electron chi connectivity index (χ0n) is 14.8. The molecule has 2 rings (SSSR count). The highest BCUT2D eigenvalue weighted by Gasteiger charge is 2.28. The molecular formula is C18H26ClN3O2. The molecule has 1 aromatic rings. The number of anilines is 1. The van der Waals surface area contributed by atoms with Gasteiger partial charge in [0.2, 0.25) is 12.3 Å². The number of carbonyl (C=O) groups is 2. The van der Waals surface area contributed by atoms with Crippen LogP contribution in [0.3, 0.4) is 0 Å². The number of halogens is 1. The van der Waals surface area contributed by atoms with Crippen LogP contribution in [0.2, 0.25) is 5.02 Å². The summed E-state index contributed by atoms with van der Waals surface area (Å²) in [6.45, 7) is 10.1. The van der Waals surface area contributed by atoms with Gasteiger partial charge in [-0.15, -0.1) is 0 Å². The molecule has 1 fully saturated rings. The van der Waals surface area contributed by atoms with E-state index in [1.165, 1.54) is 0 Å². The Morgan fingerprint density at radius 1 is 1.33 bits per heavy atom. The van der Waals surface area contributed by atoms with Crippen molar-refractivity contribution in [3.63, 3.8) is 0 Å². The Morgan fingerprint density at radius 2 is 1.96 bits per heavy atom. The molecule has 0 saturated carbocycles. The van der Waals surface area contributed by atoms with Gasteiger partial charge in [0.1, 0.15) is 0 Å². The van der Waals surface area contributed by atoms with Crippen LogP contribution < -0.4 is 5.32 Å². The fraction of sp³-hybridized carbons (Fsp3) is 0.556. The van der Waals surface area contributed by atoms with Crippen LogP contribution in [0, 0.1) is 5.92 Å². The van der Waals surface area contributed by atoms with E-state index in [0.717, 1.165) is 25.1 Å². The summed E-state index contributed by atoms with van der Waals surface area (Å²) in [5, 5.41) is 3.46. The van der Waals surface area contributed by atoms with Gasteiger partial charge in [0.05, 0.1) is 10.7 Å². The van der Waals surface area contributed by atoms with Gasteiger partial charge in [0.15, 0.2) is 0 Å². The molecule has 1 N–H and O–H groups in total. The Morgan fingerprint density at radius 3 is 2.50 bits per heavy atom. The van der Waals surface area contributed by atoms with Crippen LogP contribution in [0.15, 0.2) is 18.2 Å². The third-order valence-corrected chi connectivity index (χ3v) is 4.89. The Kier molecular flexibility index (Phi) is 6.24. The molecule has 0 bridgehead atoms. The maximum Gasteiger partial charge on any atom is 0.226 e. The van der Waals surface area contributed by atoms with Crippen LogP contribution >= 0.6 is 11.6 Å². The molecule has 1 saturated heterocycles. The van der Waals surface area contributed by atoms with E-state index in [2.05, 4.69) is 24.1 Å². The first-order chi connectivity index (χ1) is 11.3. The quantitative estimate of drug-likeness (QED) is 0.830. The van der Waals surface area contributed by atoms with Crippen LogP contribution in [-0.2, 0) is 16.1 Å². The monoisotopic (exact) mass is 351 g/mol. The van der Waals surface area contributed by atoms with Crippen molar-refractivity contribution in [2.24, 2.45) is 5.92 Å². The summed E-state index contributed by atoms with van der Waals surface area (Å²) >= 11 is 6.50. The lowest BCUT2D eigenvalue weighted by Gasteiger charge is -2.42. The smallest absolute Gasteiger partial charge is 0.226 e. The first kappa shape index (κ1) is 18.7. The molecule has 0 spiro atoms. The molecule has 1 aromatic carbocycles. The number of rotatable bonds is 5. The van der Waals surface area contributed by atoms with Crippen molar-refractivity contribution in [3.05, 3.63) is 28.8 Å². The Labute approximate surface area is 149 Å². The van der Waals surface area contributed by atoms with E-state index in [0.29, 0.717) is 17.3 Å². The molecular weight excluding hydrogens is 326 g/mol. The standard InChI is InChI=1S/C18H26ClN3O2/c1-12(2)18(24)20-16-7-5-6-15(17(16)19)10-21-8-13(3)22(11-23)14(4)9-21/h5-7,11-14H,8-10H2,1-4H3,(H,20,24)/t13-,14?/m1/s1. The lowest BCUT2D eigenvalue weighted by molar-refractivity contribution is -0.125. The summed E-state index contributed by atoms with van der Waals surface area (Å²) in [6.07, 6.45) is 0.932. The molecule has 1 unspecified atom stereocenters. The predicted molar refractivity (Wildman–Crippen MR) is 97.0 cm³/mol. The number of nitrogens with zero attached hydrogens (tertiary/aromatic N) is 2. The van der Waals surface area contributed by atoms with Crippen molar-refractivity contribution < 1.29 is 9.59 Å². The molecule has 1 heterocycles. The van der Waals surface area contributed by atoms with Crippen LogP contribution in [0.5, 0.6) is 0 Å². The molecule has 24 heavy (non-hydrogen) atoms. The zero-order chi connectivity index (χ0) is 17.9. The summed E-state index contributed by atoms with van der Waals surface area (Å²) in [6, 6.07) is 6.06. The van der Waals surface area contributed by atoms with E-state index in [1.807, 2.05) is 36.9 Å². The zero-order valence-corrected chi connectivity index (χ0v) is 15.5. The Bertz CT molecular complexity index is 594. The molecule has 1 aliphatic rings. The van der Waals surface area contributed by atoms with Gasteiger partial charge in [-0.25, -0.2) is 0 Å². The van der Waals surface area contributed by atoms with Gasteiger partial charge < -0.3 is 10.2 Å². The van der Waals surface area contributed by atoms with Crippen LogP contribution in [0.25, 0.3) is 0 Å². The van der Waals surface area contributed by atoms with Gasteiger partial charge in [-0.1, -0.05) is 37.6 Å². The number of nitrogens with one attached hydrogen (secondary N) is 1. The fourth-order valence-corrected chi connectivity index (χ4v) is 3.33. The number of amides is 2. The summed E-state index contributed by atoms with van der Waals surface area (Å²) in [7, 11) is 0. The molecule has 1 aliphatic heterocycles. The maximum absolute atomic E-state index is 11.9. The van der Waals surface area contributed by atoms with E-state index >= 15 is 0 Å². The van der Waals surface area contributed by atoms with Gasteiger partial charge in [0.25, 0.3) is 0 Å². The van der Waals surface area contributed by atoms with Crippen molar-refractivity contribution in [2.45, 2.75) is 46.3 Å². The maximum atomic E-state index is 11.9. The molecule has 5 nitrogen and oxygen atoms in total. The summed E-state index contributed by atoms with van der Waals surface area (Å²) < 4.78 is 0. The van der Waals surface area contributed by atoms with Crippen molar-refractivity contribution in [2.75, 3.05) is 18.4 Å². The fourth-order valence-electron chi connectivity index (χ4n) is 3.10. The van der Waals surface area contributed by atoms with Crippen molar-refractivity contribution in [3.8, 4) is 0 Å². The van der Waals surface area contributed by atoms with Crippen LogP contribution in [-0.4, -0.2) is 47.3 Å². The lowest BCUT2D eigenvalue weighted by Crippen LogP contribution is -2.55. The Balaban J connectivity index is 2.10. The third-order valence-electron chi connectivity index (χ3n) is 4.44. The minimum Gasteiger partial charge on any atom is -0.337 e. The summed E-state index contributed by atoms with van der Waals surface area (Å²) in [5.41, 5.74) is 1.64. The van der Waals surface area contributed by atoms with Gasteiger partial charge in [-0.05, 0) is 25.5 Å². The second-order valence-corrected chi connectivity index (χ2v) is 7.25. The van der Waals surface area contributed by atoms with E-state index < -0.39 is 0 Å². The average Bonchev–Trinajstić information content (AvgIpc) is 2.50. The molecule has 2 atom stereocenters. The number of hydrogen-bond acceptors (Lipinski definition) is 3. The van der Waals surface area contributed by atoms with Gasteiger partial charge in [-0.2, -0.15) is 0 Å². The normalized spacial score (nSPS) is 21.8. The first-order valence-corrected chi connectivity index (χ1v) is 8.74. The van der Waals surface area contributed by atoms with Crippen LogP contribution in [0.1, 0.15) is 33.3 Å². The van der Waals surface area contributed by atoms with E-state index in [4.69, 9.17) is 11.6 Å². The molecule has 0 aliphatic carbocycles. The minimum absolute atomic E-state index is 0.0455. The Hall–Kier alpha value is -1.59. The number of piperazine rings is 1. The average molecular weight is 352 g/mol. The van der Waals surface area contributed by atoms with Gasteiger partial charge in [0, 0.05) is 37.6 Å². The third kappa shape index (κ3) is 4.28. The van der Waals surface area contributed by atoms with Crippen molar-refractivity contribution >= 4 is 29.6 Å². The van der Waals surface area contributed by atoms with E-state index in [9.17, 15) is 9.59 Å². The topological polar surface area (TPSA) is 52.7 Å². The van der Waals surface area contributed by atoms with Crippen LogP contribution in [0.4, 0.5) is 5.69 Å². The molecule has 2 amide bonds. The van der Waals surface area contributed by atoms with Gasteiger partial charge in [-0.3, -0.25) is 14.5 Å². The lowest BCUT2D eigenvalue weighted by atomic mass is 10.1. The van der Waals surface area contributed by atoms with E-state index in [-0.39, 0.29) is 23.9 Å². The largest absolute Gasteiger partial charge is 0.337 e. The molecule has 0 radical (unpaired) electrons. The first-order valence-electron chi connectivity index (χ1n) is 8.36. The predicted octanol–water partition coefficient (Wildman–Crippen LogP) is 2.99. The number of benzene rings is 1. The SMILES string of the molecule is CC(C)C(=O)Nc1cccc(CN2CC(C)N(C=O)[C@H](C)C2)c1Cl. The van der Waals surface area contributed by atoms with E-state index in [1.54, 1.807) is 0 Å². The number of hydrogen-bond donors (Lipinski definition) is 1. The second kappa shape index (κ2) is 7.99. The van der Waals surface area contributed by atoms with Crippen molar-refractivity contribution in [1.29, 1.82) is 0 Å². The summed E-state index contributed by atoms with van der Waals surface area (Å²) in [5.74, 6) is -0.140. The van der Waals surface area contributed by atoms with Crippen molar-refractivity contribution in [1.82, 2.24) is 9.80 Å².